The summed E-state index contributed by atoms with van der Waals surface area (Å²) >= 11 is 5.90. The van der Waals surface area contributed by atoms with Crippen LogP contribution in [0.4, 0.5) is 11.4 Å². The predicted molar refractivity (Wildman–Crippen MR) is 180 cm³/mol. The van der Waals surface area contributed by atoms with Crippen LogP contribution >= 0.6 is 12.2 Å². The van der Waals surface area contributed by atoms with Crippen LogP contribution in [0.5, 0.6) is 0 Å². The molecule has 228 valence electrons. The average molecular weight is 609 g/mol. The second-order valence-corrected chi connectivity index (χ2v) is 12.1. The number of benzene rings is 2. The van der Waals surface area contributed by atoms with Gasteiger partial charge in [-0.05, 0) is 105 Å². The van der Waals surface area contributed by atoms with Gasteiger partial charge in [0.1, 0.15) is 0 Å². The number of nitrogens with zero attached hydrogens (tertiary/aromatic N) is 4. The molecule has 44 heavy (non-hydrogen) atoms. The molecular weight excluding hydrogens is 568 g/mol. The molecule has 0 aliphatic carbocycles. The maximum Gasteiger partial charge on any atom is 0.226 e. The lowest BCUT2D eigenvalue weighted by Crippen LogP contribution is -2.36. The lowest BCUT2D eigenvalue weighted by atomic mass is 9.96. The van der Waals surface area contributed by atoms with Crippen molar-refractivity contribution in [3.63, 3.8) is 0 Å². The number of ether oxygens (including phenoxy) is 1. The first-order valence-corrected chi connectivity index (χ1v) is 15.7. The Bertz CT molecular complexity index is 1650. The zero-order valence-electron chi connectivity index (χ0n) is 25.8. The van der Waals surface area contributed by atoms with Crippen molar-refractivity contribution in [2.24, 2.45) is 0 Å². The van der Waals surface area contributed by atoms with Crippen molar-refractivity contribution in [1.29, 1.82) is 0 Å². The van der Waals surface area contributed by atoms with Gasteiger partial charge in [0, 0.05) is 60.7 Å². The molecule has 0 bridgehead atoms. The molecule has 0 saturated carbocycles. The molecule has 0 spiro atoms. The molecule has 8 nitrogen and oxygen atoms in total. The molecular formula is C35H40N6O2S. The Kier molecular flexibility index (Phi) is 8.68. The molecule has 9 heteroatoms. The summed E-state index contributed by atoms with van der Waals surface area (Å²) in [6, 6.07) is 22.8. The molecule has 2 aromatic carbocycles. The summed E-state index contributed by atoms with van der Waals surface area (Å²) in [4.78, 5) is 22.4. The van der Waals surface area contributed by atoms with Crippen LogP contribution in [0, 0.1) is 27.7 Å². The third-order valence-corrected chi connectivity index (χ3v) is 9.07. The molecule has 2 fully saturated rings. The van der Waals surface area contributed by atoms with E-state index in [-0.39, 0.29) is 18.0 Å². The van der Waals surface area contributed by atoms with Gasteiger partial charge in [0.25, 0.3) is 0 Å². The molecule has 0 unspecified atom stereocenters. The Morgan fingerprint density at radius 2 is 1.75 bits per heavy atom. The van der Waals surface area contributed by atoms with E-state index < -0.39 is 0 Å². The zero-order valence-corrected chi connectivity index (χ0v) is 26.7. The molecule has 2 aromatic heterocycles. The first-order chi connectivity index (χ1) is 21.3. The van der Waals surface area contributed by atoms with Crippen LogP contribution in [0.3, 0.4) is 0 Å². The van der Waals surface area contributed by atoms with E-state index in [9.17, 15) is 4.79 Å². The molecule has 1 amide bonds. The summed E-state index contributed by atoms with van der Waals surface area (Å²) in [5.74, 6) is -0.0348. The van der Waals surface area contributed by atoms with Gasteiger partial charge < -0.3 is 29.7 Å². The van der Waals surface area contributed by atoms with Gasteiger partial charge in [0.2, 0.25) is 5.91 Å². The fraction of sp³-hybridized carbons (Fsp3) is 0.343. The summed E-state index contributed by atoms with van der Waals surface area (Å²) < 4.78 is 7.84. The number of pyridine rings is 1. The van der Waals surface area contributed by atoms with Crippen molar-refractivity contribution >= 4 is 34.6 Å². The number of carbonyl (C=O) groups excluding carboxylic acids is 1. The van der Waals surface area contributed by atoms with Crippen LogP contribution in [0.15, 0.2) is 72.9 Å². The van der Waals surface area contributed by atoms with Crippen molar-refractivity contribution < 1.29 is 9.53 Å². The second kappa shape index (κ2) is 12.8. The number of nitrogens with one attached hydrogen (secondary N) is 2. The lowest BCUT2D eigenvalue weighted by Gasteiger charge is -2.29. The van der Waals surface area contributed by atoms with E-state index in [1.165, 1.54) is 5.69 Å². The van der Waals surface area contributed by atoms with Crippen molar-refractivity contribution in [3.8, 4) is 5.69 Å². The van der Waals surface area contributed by atoms with E-state index in [0.717, 1.165) is 71.5 Å². The number of amides is 1. The Hall–Kier alpha value is -4.21. The number of rotatable bonds is 8. The van der Waals surface area contributed by atoms with E-state index in [1.54, 1.807) is 0 Å². The lowest BCUT2D eigenvalue weighted by molar-refractivity contribution is -0.116. The van der Waals surface area contributed by atoms with E-state index in [4.69, 9.17) is 21.9 Å². The molecule has 0 radical (unpaired) electrons. The number of morpholine rings is 1. The molecule has 2 saturated heterocycles. The number of carbonyl (C=O) groups is 1. The number of aryl methyl sites for hydroxylation is 3. The van der Waals surface area contributed by atoms with E-state index in [0.29, 0.717) is 18.1 Å². The highest BCUT2D eigenvalue weighted by Crippen LogP contribution is 2.41. The Labute approximate surface area is 265 Å². The van der Waals surface area contributed by atoms with E-state index in [1.807, 2.05) is 50.4 Å². The highest BCUT2D eigenvalue weighted by Gasteiger charge is 2.41. The maximum absolute atomic E-state index is 13.2. The number of hydrogen-bond donors (Lipinski definition) is 2. The first-order valence-electron chi connectivity index (χ1n) is 15.3. The number of aromatic nitrogens is 2. The Balaban J connectivity index is 1.28. The van der Waals surface area contributed by atoms with Crippen molar-refractivity contribution in [2.75, 3.05) is 43.1 Å². The maximum atomic E-state index is 13.2. The summed E-state index contributed by atoms with van der Waals surface area (Å²) in [5.41, 5.74) is 9.70. The third-order valence-electron chi connectivity index (χ3n) is 8.72. The topological polar surface area (TPSA) is 74.7 Å². The third kappa shape index (κ3) is 6.07. The van der Waals surface area contributed by atoms with Gasteiger partial charge in [-0.15, -0.1) is 0 Å². The van der Waals surface area contributed by atoms with Gasteiger partial charge >= 0.3 is 0 Å². The number of thiocarbonyl (C=S) groups is 1. The number of hydrogen-bond acceptors (Lipinski definition) is 5. The minimum Gasteiger partial charge on any atom is -0.378 e. The molecule has 4 aromatic rings. The van der Waals surface area contributed by atoms with E-state index >= 15 is 0 Å². The summed E-state index contributed by atoms with van der Waals surface area (Å²) in [7, 11) is 0. The van der Waals surface area contributed by atoms with Gasteiger partial charge in [-0.25, -0.2) is 0 Å². The SMILES string of the molecule is Cc1ccc(C)c(NC(=O)CCN2C(=S)N[C@H](c3ccccn3)[C@@H]2c2cc(C)n(-c3ccc(N4CCOCC4)cc3)c2C)c1. The molecule has 4 heterocycles. The van der Waals surface area contributed by atoms with Gasteiger partial charge in [0.15, 0.2) is 5.11 Å². The van der Waals surface area contributed by atoms with E-state index in [2.05, 4.69) is 75.2 Å². The average Bonchev–Trinajstić information content (AvgIpc) is 3.52. The first kappa shape index (κ1) is 29.8. The molecule has 2 aliphatic heterocycles. The van der Waals surface area contributed by atoms with Gasteiger partial charge in [-0.2, -0.15) is 0 Å². The smallest absolute Gasteiger partial charge is 0.226 e. The standard InChI is InChI=1S/C35H40N6O2S/c1-23-8-9-24(2)31(21-23)37-32(42)14-16-40-34(33(38-35(40)44)30-7-5-6-15-36-30)29-22-25(3)41(26(29)4)28-12-10-27(11-13-28)39-17-19-43-20-18-39/h5-13,15,21-22,33-34H,14,16-20H2,1-4H3,(H,37,42)(H,38,44)/t33-,34+/m1/s1. The van der Waals surface area contributed by atoms with Crippen LogP contribution < -0.4 is 15.5 Å². The highest BCUT2D eigenvalue weighted by atomic mass is 32.1. The molecule has 2 aliphatic rings. The highest BCUT2D eigenvalue weighted by molar-refractivity contribution is 7.80. The van der Waals surface area contributed by atoms with Crippen molar-refractivity contribution in [3.05, 3.63) is 107 Å². The molecule has 2 N–H and O–H groups in total. The zero-order chi connectivity index (χ0) is 30.8. The van der Waals surface area contributed by atoms with Crippen molar-refractivity contribution in [2.45, 2.75) is 46.2 Å². The van der Waals surface area contributed by atoms with Crippen LogP contribution in [-0.2, 0) is 9.53 Å². The van der Waals surface area contributed by atoms with Crippen LogP contribution in [-0.4, -0.2) is 58.3 Å². The second-order valence-electron chi connectivity index (χ2n) is 11.7. The van der Waals surface area contributed by atoms with Gasteiger partial charge in [0.05, 0.1) is 31.0 Å². The Morgan fingerprint density at radius 3 is 2.48 bits per heavy atom. The van der Waals surface area contributed by atoms with Gasteiger partial charge in [-0.1, -0.05) is 18.2 Å². The fourth-order valence-corrected chi connectivity index (χ4v) is 6.74. The summed E-state index contributed by atoms with van der Waals surface area (Å²) in [6.45, 7) is 12.2. The quantitative estimate of drug-likeness (QED) is 0.240. The molecule has 6 rings (SSSR count). The number of anilines is 2. The fourth-order valence-electron chi connectivity index (χ4n) is 6.41. The molecule has 2 atom stereocenters. The minimum absolute atomic E-state index is 0.0348. The van der Waals surface area contributed by atoms with Crippen LogP contribution in [0.2, 0.25) is 0 Å². The summed E-state index contributed by atoms with van der Waals surface area (Å²) in [6.07, 6.45) is 2.12. The van der Waals surface area contributed by atoms with Gasteiger partial charge in [-0.3, -0.25) is 9.78 Å². The minimum atomic E-state index is -0.150. The monoisotopic (exact) mass is 608 g/mol. The Morgan fingerprint density at radius 1 is 1.00 bits per heavy atom. The van der Waals surface area contributed by atoms with Crippen LogP contribution in [0.1, 0.15) is 52.3 Å². The largest absolute Gasteiger partial charge is 0.378 e. The van der Waals surface area contributed by atoms with Crippen molar-refractivity contribution in [1.82, 2.24) is 19.8 Å². The predicted octanol–water partition coefficient (Wildman–Crippen LogP) is 5.94. The van der Waals surface area contributed by atoms with Crippen LogP contribution in [0.25, 0.3) is 5.69 Å². The summed E-state index contributed by atoms with van der Waals surface area (Å²) in [5, 5.41) is 7.27. The normalized spacial score (nSPS) is 18.4.